The number of nitrogens with one attached hydrogen (secondary N) is 2. The van der Waals surface area contributed by atoms with Crippen LogP contribution in [-0.2, 0) is 0 Å². The molecule has 2 aromatic carbocycles. The Hall–Kier alpha value is -5.51. The predicted octanol–water partition coefficient (Wildman–Crippen LogP) is 4.97. The SMILES string of the molecule is CCCNC(=O)c1cc(Oc2ccc(NC(=O)c3cn(-c4ccc(OC)cc4)c4ncccc4c3=O)cc2)ccn1. The van der Waals surface area contributed by atoms with Gasteiger partial charge in [0.15, 0.2) is 0 Å². The van der Waals surface area contributed by atoms with E-state index in [1.54, 1.807) is 78.5 Å². The Morgan fingerprint density at radius 1 is 0.878 bits per heavy atom. The van der Waals surface area contributed by atoms with Gasteiger partial charge in [-0.05, 0) is 73.2 Å². The van der Waals surface area contributed by atoms with Gasteiger partial charge >= 0.3 is 0 Å². The summed E-state index contributed by atoms with van der Waals surface area (Å²) in [6.45, 7) is 2.53. The minimum Gasteiger partial charge on any atom is -0.497 e. The van der Waals surface area contributed by atoms with Crippen LogP contribution in [0, 0.1) is 0 Å². The Balaban J connectivity index is 1.36. The van der Waals surface area contributed by atoms with Crippen molar-refractivity contribution < 1.29 is 19.1 Å². The summed E-state index contributed by atoms with van der Waals surface area (Å²) in [7, 11) is 1.58. The number of anilines is 1. The second-order valence-corrected chi connectivity index (χ2v) is 9.03. The van der Waals surface area contributed by atoms with Crippen molar-refractivity contribution in [1.82, 2.24) is 19.9 Å². The maximum absolute atomic E-state index is 13.3. The third-order valence-electron chi connectivity index (χ3n) is 6.21. The molecule has 2 N–H and O–H groups in total. The molecule has 0 saturated carbocycles. The summed E-state index contributed by atoms with van der Waals surface area (Å²) in [6, 6.07) is 20.4. The van der Waals surface area contributed by atoms with Gasteiger partial charge in [0, 0.05) is 42.6 Å². The molecule has 10 heteroatoms. The molecule has 2 amide bonds. The molecule has 0 aliphatic carbocycles. The maximum atomic E-state index is 13.3. The highest BCUT2D eigenvalue weighted by molar-refractivity contribution is 6.05. The molecule has 0 aliphatic rings. The van der Waals surface area contributed by atoms with Crippen LogP contribution in [0.1, 0.15) is 34.2 Å². The van der Waals surface area contributed by atoms with Crippen LogP contribution in [-0.4, -0.2) is 40.0 Å². The number of methoxy groups -OCH3 is 1. The van der Waals surface area contributed by atoms with Gasteiger partial charge in [-0.1, -0.05) is 6.92 Å². The van der Waals surface area contributed by atoms with Crippen LogP contribution < -0.4 is 25.5 Å². The normalized spacial score (nSPS) is 10.7. The number of pyridine rings is 3. The Morgan fingerprint density at radius 3 is 2.37 bits per heavy atom. The number of amides is 2. The molecule has 0 atom stereocenters. The number of benzene rings is 2. The van der Waals surface area contributed by atoms with E-state index in [0.717, 1.165) is 6.42 Å². The van der Waals surface area contributed by atoms with Crippen molar-refractivity contribution in [3.8, 4) is 22.9 Å². The van der Waals surface area contributed by atoms with E-state index in [1.165, 1.54) is 12.4 Å². The molecular formula is C31H27N5O5. The highest BCUT2D eigenvalue weighted by atomic mass is 16.5. The number of carbonyl (C=O) groups excluding carboxylic acids is 2. The van der Waals surface area contributed by atoms with Gasteiger partial charge in [-0.15, -0.1) is 0 Å². The van der Waals surface area contributed by atoms with Crippen LogP contribution in [0.3, 0.4) is 0 Å². The monoisotopic (exact) mass is 549 g/mol. The number of carbonyl (C=O) groups is 2. The molecule has 0 aliphatic heterocycles. The first-order chi connectivity index (χ1) is 20.0. The molecule has 5 aromatic rings. The minimum atomic E-state index is -0.562. The smallest absolute Gasteiger partial charge is 0.270 e. The Bertz CT molecular complexity index is 1770. The number of nitrogens with zero attached hydrogens (tertiary/aromatic N) is 3. The molecule has 0 spiro atoms. The summed E-state index contributed by atoms with van der Waals surface area (Å²) < 4.78 is 12.8. The van der Waals surface area contributed by atoms with Gasteiger partial charge in [0.1, 0.15) is 34.2 Å². The van der Waals surface area contributed by atoms with E-state index in [2.05, 4.69) is 20.6 Å². The number of aromatic nitrogens is 3. The molecule has 10 nitrogen and oxygen atoms in total. The molecule has 0 fully saturated rings. The van der Waals surface area contributed by atoms with Gasteiger partial charge < -0.3 is 24.7 Å². The lowest BCUT2D eigenvalue weighted by Gasteiger charge is -2.13. The van der Waals surface area contributed by atoms with Gasteiger partial charge in [0.2, 0.25) is 5.43 Å². The van der Waals surface area contributed by atoms with Gasteiger partial charge in [-0.25, -0.2) is 4.98 Å². The van der Waals surface area contributed by atoms with E-state index in [4.69, 9.17) is 9.47 Å². The molecule has 0 unspecified atom stereocenters. The van der Waals surface area contributed by atoms with Crippen molar-refractivity contribution >= 4 is 28.5 Å². The predicted molar refractivity (Wildman–Crippen MR) is 155 cm³/mol. The van der Waals surface area contributed by atoms with E-state index in [0.29, 0.717) is 46.2 Å². The van der Waals surface area contributed by atoms with Crippen molar-refractivity contribution in [1.29, 1.82) is 0 Å². The fraction of sp³-hybridized carbons (Fsp3) is 0.129. The van der Waals surface area contributed by atoms with Crippen molar-refractivity contribution in [2.75, 3.05) is 19.0 Å². The van der Waals surface area contributed by atoms with Crippen molar-refractivity contribution in [3.63, 3.8) is 0 Å². The Labute approximate surface area is 235 Å². The first-order valence-electron chi connectivity index (χ1n) is 12.9. The summed E-state index contributed by atoms with van der Waals surface area (Å²) in [5.74, 6) is 0.786. The fourth-order valence-corrected chi connectivity index (χ4v) is 4.13. The van der Waals surface area contributed by atoms with Crippen LogP contribution in [0.4, 0.5) is 5.69 Å². The minimum absolute atomic E-state index is 0.0349. The molecule has 3 aromatic heterocycles. The average molecular weight is 550 g/mol. The molecule has 206 valence electrons. The summed E-state index contributed by atoms with van der Waals surface area (Å²) >= 11 is 0. The van der Waals surface area contributed by atoms with Gasteiger partial charge in [0.25, 0.3) is 11.8 Å². The van der Waals surface area contributed by atoms with Crippen molar-refractivity contribution in [2.24, 2.45) is 0 Å². The standard InChI is InChI=1S/C31H27N5O5/c1-3-15-34-31(39)27-18-24(14-17-32-27)41-23-10-6-20(7-11-23)35-30(38)26-19-36(21-8-12-22(40-2)13-9-21)29-25(28(26)37)5-4-16-33-29/h4-14,16-19H,3,15H2,1-2H3,(H,34,39)(H,35,38). The zero-order valence-electron chi connectivity index (χ0n) is 22.5. The highest BCUT2D eigenvalue weighted by Gasteiger charge is 2.17. The number of rotatable bonds is 9. The summed E-state index contributed by atoms with van der Waals surface area (Å²) in [5.41, 5.74) is 1.41. The topological polar surface area (TPSA) is 124 Å². The van der Waals surface area contributed by atoms with Crippen LogP contribution in [0.5, 0.6) is 17.2 Å². The second-order valence-electron chi connectivity index (χ2n) is 9.03. The molecule has 3 heterocycles. The van der Waals surface area contributed by atoms with Gasteiger partial charge in [0.05, 0.1) is 12.5 Å². The number of hydrogen-bond acceptors (Lipinski definition) is 7. The fourth-order valence-electron chi connectivity index (χ4n) is 4.13. The number of hydrogen-bond donors (Lipinski definition) is 2. The largest absolute Gasteiger partial charge is 0.497 e. The van der Waals surface area contributed by atoms with Crippen LogP contribution in [0.15, 0.2) is 96.2 Å². The van der Waals surface area contributed by atoms with Crippen LogP contribution in [0.2, 0.25) is 0 Å². The summed E-state index contributed by atoms with van der Waals surface area (Å²) in [6.07, 6.45) is 5.41. The lowest BCUT2D eigenvalue weighted by molar-refractivity contribution is 0.0947. The molecule has 0 saturated heterocycles. The molecule has 41 heavy (non-hydrogen) atoms. The number of ether oxygens (including phenoxy) is 2. The van der Waals surface area contributed by atoms with Crippen LogP contribution >= 0.6 is 0 Å². The lowest BCUT2D eigenvalue weighted by Crippen LogP contribution is -2.24. The van der Waals surface area contributed by atoms with E-state index in [-0.39, 0.29) is 17.2 Å². The first kappa shape index (κ1) is 27.1. The average Bonchev–Trinajstić information content (AvgIpc) is 3.01. The highest BCUT2D eigenvalue weighted by Crippen LogP contribution is 2.24. The maximum Gasteiger partial charge on any atom is 0.270 e. The third kappa shape index (κ3) is 6.06. The van der Waals surface area contributed by atoms with Gasteiger partial charge in [-0.3, -0.25) is 19.4 Å². The zero-order valence-corrected chi connectivity index (χ0v) is 22.5. The van der Waals surface area contributed by atoms with E-state index in [9.17, 15) is 14.4 Å². The molecule has 0 radical (unpaired) electrons. The zero-order chi connectivity index (χ0) is 28.8. The quantitative estimate of drug-likeness (QED) is 0.266. The summed E-state index contributed by atoms with van der Waals surface area (Å²) in [5, 5.41) is 5.88. The van der Waals surface area contributed by atoms with Crippen LogP contribution in [0.25, 0.3) is 16.7 Å². The Morgan fingerprint density at radius 2 is 1.63 bits per heavy atom. The van der Waals surface area contributed by atoms with Gasteiger partial charge in [-0.2, -0.15) is 0 Å². The molecular weight excluding hydrogens is 522 g/mol. The van der Waals surface area contributed by atoms with E-state index >= 15 is 0 Å². The summed E-state index contributed by atoms with van der Waals surface area (Å²) in [4.78, 5) is 47.2. The lowest BCUT2D eigenvalue weighted by atomic mass is 10.1. The molecule has 5 rings (SSSR count). The van der Waals surface area contributed by atoms with E-state index < -0.39 is 11.3 Å². The third-order valence-corrected chi connectivity index (χ3v) is 6.21. The Kier molecular flexibility index (Phi) is 8.00. The second kappa shape index (κ2) is 12.1. The first-order valence-corrected chi connectivity index (χ1v) is 12.9. The molecule has 0 bridgehead atoms. The number of fused-ring (bicyclic) bond motifs is 1. The van der Waals surface area contributed by atoms with Crippen molar-refractivity contribution in [2.45, 2.75) is 13.3 Å². The van der Waals surface area contributed by atoms with E-state index in [1.807, 2.05) is 19.1 Å². The van der Waals surface area contributed by atoms with Crippen molar-refractivity contribution in [3.05, 3.63) is 113 Å².